The van der Waals surface area contributed by atoms with Gasteiger partial charge in [-0.15, -0.1) is 0 Å². The van der Waals surface area contributed by atoms with Crippen LogP contribution in [0, 0.1) is 15.9 Å². The Morgan fingerprint density at radius 3 is 2.95 bits per heavy atom. The summed E-state index contributed by atoms with van der Waals surface area (Å²) in [6.45, 7) is 1.18. The minimum absolute atomic E-state index is 0.0753. The molecule has 0 radical (unpaired) electrons. The Balaban J connectivity index is 1.98. The van der Waals surface area contributed by atoms with Crippen LogP contribution in [-0.4, -0.2) is 21.2 Å². The van der Waals surface area contributed by atoms with E-state index < -0.39 is 10.7 Å². The summed E-state index contributed by atoms with van der Waals surface area (Å²) in [4.78, 5) is 10.4. The Bertz CT molecular complexity index is 604. The predicted molar refractivity (Wildman–Crippen MR) is 76.1 cm³/mol. The zero-order chi connectivity index (χ0) is 14.5. The molecular weight excluding hydrogens is 331 g/mol. The minimum Gasteiger partial charge on any atom is -0.379 e. The molecule has 2 rings (SSSR count). The smallest absolute Gasteiger partial charge is 0.293 e. The highest BCUT2D eigenvalue weighted by Gasteiger charge is 2.17. The fourth-order valence-corrected chi connectivity index (χ4v) is 2.06. The fraction of sp³-hybridized carbons (Fsp3) is 0.250. The largest absolute Gasteiger partial charge is 0.379 e. The summed E-state index contributed by atoms with van der Waals surface area (Å²) in [5.41, 5.74) is 0.0218. The van der Waals surface area contributed by atoms with Crippen molar-refractivity contribution >= 4 is 27.3 Å². The highest BCUT2D eigenvalue weighted by atomic mass is 79.9. The maximum atomic E-state index is 13.4. The van der Waals surface area contributed by atoms with Crippen LogP contribution in [-0.2, 0) is 6.54 Å². The Labute approximate surface area is 122 Å². The van der Waals surface area contributed by atoms with E-state index in [1.807, 2.05) is 12.3 Å². The Kier molecular flexibility index (Phi) is 4.67. The molecule has 0 spiro atoms. The molecule has 2 aromatic rings. The van der Waals surface area contributed by atoms with Crippen molar-refractivity contribution in [3.8, 4) is 0 Å². The average Bonchev–Trinajstić information content (AvgIpc) is 2.91. The van der Waals surface area contributed by atoms with Gasteiger partial charge in [0.2, 0.25) is 0 Å². The van der Waals surface area contributed by atoms with E-state index in [-0.39, 0.29) is 15.8 Å². The number of nitrogens with one attached hydrogen (secondary N) is 1. The lowest BCUT2D eigenvalue weighted by molar-refractivity contribution is -0.384. The second-order valence-corrected chi connectivity index (χ2v) is 4.94. The highest BCUT2D eigenvalue weighted by Crippen LogP contribution is 2.30. The molecule has 1 aromatic carbocycles. The maximum Gasteiger partial charge on any atom is 0.293 e. The molecule has 1 heterocycles. The summed E-state index contributed by atoms with van der Waals surface area (Å²) >= 11 is 2.94. The molecule has 0 atom stereocenters. The van der Waals surface area contributed by atoms with Gasteiger partial charge in [0.25, 0.3) is 5.69 Å². The van der Waals surface area contributed by atoms with Crippen molar-refractivity contribution in [3.63, 3.8) is 0 Å². The molecule has 6 nitrogen and oxygen atoms in total. The van der Waals surface area contributed by atoms with Crippen LogP contribution in [0.1, 0.15) is 6.42 Å². The second-order valence-electron chi connectivity index (χ2n) is 4.09. The predicted octanol–water partition coefficient (Wildman–Crippen LogP) is 3.20. The number of hydrogen-bond acceptors (Lipinski definition) is 4. The maximum absolute atomic E-state index is 13.4. The number of benzene rings is 1. The monoisotopic (exact) mass is 342 g/mol. The Morgan fingerprint density at radius 2 is 2.30 bits per heavy atom. The summed E-state index contributed by atoms with van der Waals surface area (Å²) < 4.78 is 15.3. The molecule has 1 N–H and O–H groups in total. The van der Waals surface area contributed by atoms with Crippen molar-refractivity contribution in [1.29, 1.82) is 0 Å². The van der Waals surface area contributed by atoms with E-state index in [1.165, 1.54) is 0 Å². The van der Waals surface area contributed by atoms with Crippen LogP contribution in [0.5, 0.6) is 0 Å². The van der Waals surface area contributed by atoms with E-state index in [2.05, 4.69) is 26.3 Å². The topological polar surface area (TPSA) is 73.0 Å². The molecule has 0 aliphatic heterocycles. The van der Waals surface area contributed by atoms with Crippen LogP contribution in [0.25, 0.3) is 0 Å². The van der Waals surface area contributed by atoms with E-state index in [0.29, 0.717) is 13.1 Å². The second kappa shape index (κ2) is 6.47. The van der Waals surface area contributed by atoms with Crippen molar-refractivity contribution in [2.75, 3.05) is 11.9 Å². The summed E-state index contributed by atoms with van der Waals surface area (Å²) in [5.74, 6) is -0.537. The van der Waals surface area contributed by atoms with Crippen LogP contribution >= 0.6 is 15.9 Å². The molecule has 8 heteroatoms. The summed E-state index contributed by atoms with van der Waals surface area (Å²) in [6.07, 6.45) is 4.24. The van der Waals surface area contributed by atoms with Crippen molar-refractivity contribution in [2.24, 2.45) is 0 Å². The molecule has 0 bridgehead atoms. The Hall–Kier alpha value is -1.96. The standard InChI is InChI=1S/C12H12BrFN4O2/c13-9-7-12(18(19)20)11(8-10(9)14)15-3-1-5-17-6-2-4-16-17/h2,4,6-8,15H,1,3,5H2. The molecule has 0 amide bonds. The van der Waals surface area contributed by atoms with E-state index in [4.69, 9.17) is 0 Å². The first kappa shape index (κ1) is 14.4. The van der Waals surface area contributed by atoms with Gasteiger partial charge in [0.1, 0.15) is 11.5 Å². The SMILES string of the molecule is O=[N+]([O-])c1cc(Br)c(F)cc1NCCCn1cccn1. The van der Waals surface area contributed by atoms with Gasteiger partial charge in [0.15, 0.2) is 0 Å². The van der Waals surface area contributed by atoms with Crippen molar-refractivity contribution < 1.29 is 9.31 Å². The molecule has 0 aliphatic carbocycles. The van der Waals surface area contributed by atoms with Gasteiger partial charge < -0.3 is 5.32 Å². The number of nitro groups is 1. The number of nitrogens with zero attached hydrogens (tertiary/aromatic N) is 3. The molecule has 20 heavy (non-hydrogen) atoms. The molecular formula is C12H12BrFN4O2. The van der Waals surface area contributed by atoms with Crippen LogP contribution < -0.4 is 5.32 Å². The van der Waals surface area contributed by atoms with Gasteiger partial charge in [0.05, 0.1) is 9.40 Å². The zero-order valence-corrected chi connectivity index (χ0v) is 12.0. The molecule has 0 fully saturated rings. The van der Waals surface area contributed by atoms with Gasteiger partial charge in [-0.2, -0.15) is 5.10 Å². The lowest BCUT2D eigenvalue weighted by Crippen LogP contribution is -2.08. The lowest BCUT2D eigenvalue weighted by Gasteiger charge is -2.08. The summed E-state index contributed by atoms with van der Waals surface area (Å²) in [5, 5.41) is 17.8. The van der Waals surface area contributed by atoms with Gasteiger partial charge in [0, 0.05) is 37.6 Å². The van der Waals surface area contributed by atoms with Gasteiger partial charge in [-0.1, -0.05) is 0 Å². The first-order valence-electron chi connectivity index (χ1n) is 5.92. The minimum atomic E-state index is -0.542. The van der Waals surface area contributed by atoms with Crippen molar-refractivity contribution in [2.45, 2.75) is 13.0 Å². The van der Waals surface area contributed by atoms with E-state index in [9.17, 15) is 14.5 Å². The fourth-order valence-electron chi connectivity index (χ4n) is 1.73. The number of hydrogen-bond donors (Lipinski definition) is 1. The average molecular weight is 343 g/mol. The molecule has 106 valence electrons. The Morgan fingerprint density at radius 1 is 1.50 bits per heavy atom. The number of rotatable bonds is 6. The van der Waals surface area contributed by atoms with Crippen molar-refractivity contribution in [3.05, 3.63) is 51.0 Å². The summed E-state index contributed by atoms with van der Waals surface area (Å²) in [6, 6.07) is 4.10. The lowest BCUT2D eigenvalue weighted by atomic mass is 10.2. The van der Waals surface area contributed by atoms with Crippen LogP contribution in [0.2, 0.25) is 0 Å². The van der Waals surface area contributed by atoms with Crippen LogP contribution in [0.4, 0.5) is 15.8 Å². The molecule has 0 unspecified atom stereocenters. The normalized spacial score (nSPS) is 10.5. The first-order chi connectivity index (χ1) is 9.58. The molecule has 1 aromatic heterocycles. The van der Waals surface area contributed by atoms with E-state index in [0.717, 1.165) is 18.6 Å². The molecule has 0 aliphatic rings. The van der Waals surface area contributed by atoms with E-state index in [1.54, 1.807) is 10.9 Å². The number of nitro benzene ring substituents is 1. The number of halogens is 2. The van der Waals surface area contributed by atoms with Crippen LogP contribution in [0.3, 0.4) is 0 Å². The third kappa shape index (κ3) is 3.53. The molecule has 0 saturated carbocycles. The third-order valence-corrected chi connectivity index (χ3v) is 3.28. The van der Waals surface area contributed by atoms with Gasteiger partial charge in [-0.05, 0) is 28.4 Å². The zero-order valence-electron chi connectivity index (χ0n) is 10.4. The number of aromatic nitrogens is 2. The quantitative estimate of drug-likeness (QED) is 0.497. The number of aryl methyl sites for hydroxylation is 1. The van der Waals surface area contributed by atoms with E-state index >= 15 is 0 Å². The number of anilines is 1. The van der Waals surface area contributed by atoms with Gasteiger partial charge >= 0.3 is 0 Å². The third-order valence-electron chi connectivity index (χ3n) is 2.67. The molecule has 0 saturated heterocycles. The highest BCUT2D eigenvalue weighted by molar-refractivity contribution is 9.10. The summed E-state index contributed by atoms with van der Waals surface area (Å²) in [7, 11) is 0. The van der Waals surface area contributed by atoms with Gasteiger partial charge in [-0.3, -0.25) is 14.8 Å². The van der Waals surface area contributed by atoms with Crippen LogP contribution in [0.15, 0.2) is 35.1 Å². The first-order valence-corrected chi connectivity index (χ1v) is 6.72. The van der Waals surface area contributed by atoms with Crippen molar-refractivity contribution in [1.82, 2.24) is 9.78 Å². The van der Waals surface area contributed by atoms with Gasteiger partial charge in [-0.25, -0.2) is 4.39 Å².